The first-order chi connectivity index (χ1) is 12.9. The van der Waals surface area contributed by atoms with Gasteiger partial charge in [0.2, 0.25) is 0 Å². The van der Waals surface area contributed by atoms with Crippen molar-refractivity contribution in [1.29, 1.82) is 5.26 Å². The lowest BCUT2D eigenvalue weighted by Crippen LogP contribution is -2.19. The number of nitro benzene ring substituents is 1. The van der Waals surface area contributed by atoms with Crippen LogP contribution in [0, 0.1) is 21.4 Å². The van der Waals surface area contributed by atoms with Crippen LogP contribution in [0.5, 0.6) is 0 Å². The van der Waals surface area contributed by atoms with Gasteiger partial charge in [0.05, 0.1) is 16.7 Å². The van der Waals surface area contributed by atoms with Gasteiger partial charge in [0.1, 0.15) is 11.6 Å². The van der Waals surface area contributed by atoms with Crippen LogP contribution in [0.4, 0.5) is 11.4 Å². The monoisotopic (exact) mass is 363 g/mol. The second kappa shape index (κ2) is 8.92. The maximum atomic E-state index is 12.1. The number of anilines is 1. The van der Waals surface area contributed by atoms with E-state index in [0.29, 0.717) is 5.56 Å². The molecule has 0 atom stereocenters. The molecule has 136 valence electrons. The molecular weight excluding hydrogens is 346 g/mol. The van der Waals surface area contributed by atoms with Crippen molar-refractivity contribution < 1.29 is 9.72 Å². The molecule has 0 fully saturated rings. The van der Waals surface area contributed by atoms with E-state index in [0.717, 1.165) is 11.9 Å². The molecule has 0 unspecified atom stereocenters. The Labute approximate surface area is 156 Å². The normalized spacial score (nSPS) is 11.1. The quantitative estimate of drug-likeness (QED) is 0.279. The van der Waals surface area contributed by atoms with Crippen LogP contribution in [-0.2, 0) is 4.79 Å². The highest BCUT2D eigenvalue weighted by Gasteiger charge is 2.11. The summed E-state index contributed by atoms with van der Waals surface area (Å²) in [6.45, 7) is 0. The van der Waals surface area contributed by atoms with Crippen LogP contribution in [0.15, 0.2) is 59.2 Å². The number of rotatable bonds is 6. The standard InChI is InChI=1S/C19H17N5O3/c1-23(2)17-9-7-14(8-10-17)11-16(12-20)19(25)22-21-13-15-5-3-4-6-18(15)24(26)27/h3-11,13H,1-2H3,(H,22,25)/b16-11-,21-13?. The molecule has 0 aliphatic carbocycles. The first-order valence-corrected chi connectivity index (χ1v) is 7.88. The van der Waals surface area contributed by atoms with E-state index >= 15 is 0 Å². The Morgan fingerprint density at radius 3 is 2.48 bits per heavy atom. The maximum absolute atomic E-state index is 12.1. The van der Waals surface area contributed by atoms with Gasteiger partial charge >= 0.3 is 0 Å². The van der Waals surface area contributed by atoms with E-state index in [9.17, 15) is 20.2 Å². The number of nitriles is 1. The van der Waals surface area contributed by atoms with E-state index in [1.54, 1.807) is 18.2 Å². The molecule has 1 N–H and O–H groups in total. The molecule has 1 amide bonds. The lowest BCUT2D eigenvalue weighted by Gasteiger charge is -2.11. The van der Waals surface area contributed by atoms with Crippen molar-refractivity contribution in [1.82, 2.24) is 5.43 Å². The smallest absolute Gasteiger partial charge is 0.282 e. The molecule has 0 aliphatic heterocycles. The molecule has 0 bridgehead atoms. The van der Waals surface area contributed by atoms with Crippen LogP contribution in [0.25, 0.3) is 6.08 Å². The number of hydrogen-bond donors (Lipinski definition) is 1. The lowest BCUT2D eigenvalue weighted by atomic mass is 10.1. The third kappa shape index (κ3) is 5.24. The molecule has 2 aromatic rings. The van der Waals surface area contributed by atoms with Crippen LogP contribution in [0.2, 0.25) is 0 Å². The average Bonchev–Trinajstić information content (AvgIpc) is 2.66. The highest BCUT2D eigenvalue weighted by molar-refractivity contribution is 6.02. The van der Waals surface area contributed by atoms with Gasteiger partial charge in [0, 0.05) is 25.8 Å². The molecule has 27 heavy (non-hydrogen) atoms. The fourth-order valence-corrected chi connectivity index (χ4v) is 2.17. The molecule has 0 aliphatic rings. The Morgan fingerprint density at radius 1 is 1.22 bits per heavy atom. The van der Waals surface area contributed by atoms with Gasteiger partial charge in [-0.1, -0.05) is 24.3 Å². The van der Waals surface area contributed by atoms with Gasteiger partial charge in [-0.25, -0.2) is 5.43 Å². The number of nitrogens with one attached hydrogen (secondary N) is 1. The van der Waals surface area contributed by atoms with Crippen molar-refractivity contribution in [3.05, 3.63) is 75.3 Å². The molecular formula is C19H17N5O3. The summed E-state index contributed by atoms with van der Waals surface area (Å²) in [7, 11) is 3.82. The topological polar surface area (TPSA) is 112 Å². The Balaban J connectivity index is 2.11. The molecule has 8 heteroatoms. The van der Waals surface area contributed by atoms with Crippen LogP contribution in [-0.4, -0.2) is 31.1 Å². The van der Waals surface area contributed by atoms with E-state index in [1.165, 1.54) is 24.3 Å². The van der Waals surface area contributed by atoms with E-state index in [4.69, 9.17) is 0 Å². The van der Waals surface area contributed by atoms with Crippen molar-refractivity contribution in [2.75, 3.05) is 19.0 Å². The van der Waals surface area contributed by atoms with Crippen LogP contribution >= 0.6 is 0 Å². The van der Waals surface area contributed by atoms with Crippen molar-refractivity contribution in [3.63, 3.8) is 0 Å². The third-order valence-corrected chi connectivity index (χ3v) is 3.59. The molecule has 2 rings (SSSR count). The van der Waals surface area contributed by atoms with Crippen molar-refractivity contribution in [2.45, 2.75) is 0 Å². The van der Waals surface area contributed by atoms with Gasteiger partial charge in [-0.2, -0.15) is 10.4 Å². The number of benzene rings is 2. The SMILES string of the molecule is CN(C)c1ccc(/C=C(/C#N)C(=O)NN=Cc2ccccc2[N+](=O)[O-])cc1. The zero-order chi connectivity index (χ0) is 19.8. The van der Waals surface area contributed by atoms with Gasteiger partial charge in [-0.05, 0) is 29.8 Å². The van der Waals surface area contributed by atoms with Gasteiger partial charge in [-0.15, -0.1) is 0 Å². The van der Waals surface area contributed by atoms with Gasteiger partial charge < -0.3 is 4.90 Å². The summed E-state index contributed by atoms with van der Waals surface area (Å²) >= 11 is 0. The predicted octanol–water partition coefficient (Wildman–Crippen LogP) is 2.72. The fourth-order valence-electron chi connectivity index (χ4n) is 2.17. The van der Waals surface area contributed by atoms with Crippen molar-refractivity contribution in [2.24, 2.45) is 5.10 Å². The van der Waals surface area contributed by atoms with E-state index in [2.05, 4.69) is 10.5 Å². The van der Waals surface area contributed by atoms with E-state index < -0.39 is 10.8 Å². The molecule has 0 radical (unpaired) electrons. The van der Waals surface area contributed by atoms with Gasteiger partial charge in [-0.3, -0.25) is 14.9 Å². The Morgan fingerprint density at radius 2 is 1.89 bits per heavy atom. The molecule has 0 saturated heterocycles. The summed E-state index contributed by atoms with van der Waals surface area (Å²) < 4.78 is 0. The minimum atomic E-state index is -0.705. The number of carbonyl (C=O) groups excluding carboxylic acids is 1. The largest absolute Gasteiger partial charge is 0.378 e. The molecule has 8 nitrogen and oxygen atoms in total. The number of para-hydroxylation sites is 1. The summed E-state index contributed by atoms with van der Waals surface area (Å²) in [6, 6.07) is 15.1. The summed E-state index contributed by atoms with van der Waals surface area (Å²) in [5.74, 6) is -0.705. The summed E-state index contributed by atoms with van der Waals surface area (Å²) in [5, 5.41) is 23.9. The minimum Gasteiger partial charge on any atom is -0.378 e. The first-order valence-electron chi connectivity index (χ1n) is 7.88. The van der Waals surface area contributed by atoms with Crippen LogP contribution in [0.1, 0.15) is 11.1 Å². The summed E-state index contributed by atoms with van der Waals surface area (Å²) in [6.07, 6.45) is 2.60. The Bertz CT molecular complexity index is 941. The van der Waals surface area contributed by atoms with Crippen molar-refractivity contribution >= 4 is 29.6 Å². The van der Waals surface area contributed by atoms with E-state index in [1.807, 2.05) is 37.2 Å². The van der Waals surface area contributed by atoms with Crippen LogP contribution < -0.4 is 10.3 Å². The fraction of sp³-hybridized carbons (Fsp3) is 0.105. The minimum absolute atomic E-state index is 0.132. The second-order valence-electron chi connectivity index (χ2n) is 5.67. The van der Waals surface area contributed by atoms with Gasteiger partial charge in [0.25, 0.3) is 11.6 Å². The van der Waals surface area contributed by atoms with Gasteiger partial charge in [0.15, 0.2) is 0 Å². The summed E-state index contributed by atoms with van der Waals surface area (Å²) in [4.78, 5) is 24.4. The molecule has 0 aromatic heterocycles. The number of nitrogens with zero attached hydrogens (tertiary/aromatic N) is 4. The second-order valence-corrected chi connectivity index (χ2v) is 5.67. The Kier molecular flexibility index (Phi) is 6.39. The van der Waals surface area contributed by atoms with E-state index in [-0.39, 0.29) is 16.8 Å². The predicted molar refractivity (Wildman–Crippen MR) is 103 cm³/mol. The summed E-state index contributed by atoms with van der Waals surface area (Å²) in [5.41, 5.74) is 3.86. The zero-order valence-corrected chi connectivity index (χ0v) is 14.8. The number of hydrazone groups is 1. The lowest BCUT2D eigenvalue weighted by molar-refractivity contribution is -0.385. The van der Waals surface area contributed by atoms with Crippen LogP contribution in [0.3, 0.4) is 0 Å². The molecule has 0 spiro atoms. The molecule has 0 saturated carbocycles. The number of nitro groups is 1. The number of amides is 1. The maximum Gasteiger partial charge on any atom is 0.282 e. The highest BCUT2D eigenvalue weighted by Crippen LogP contribution is 2.16. The number of carbonyl (C=O) groups is 1. The average molecular weight is 363 g/mol. The highest BCUT2D eigenvalue weighted by atomic mass is 16.6. The molecule has 2 aromatic carbocycles. The van der Waals surface area contributed by atoms with Crippen molar-refractivity contribution in [3.8, 4) is 6.07 Å². The Hall–Kier alpha value is -3.99. The number of hydrogen-bond acceptors (Lipinski definition) is 6. The molecule has 0 heterocycles. The third-order valence-electron chi connectivity index (χ3n) is 3.59. The zero-order valence-electron chi connectivity index (χ0n) is 14.8. The first kappa shape index (κ1) is 19.3.